The first kappa shape index (κ1) is 11.7. The van der Waals surface area contributed by atoms with Crippen LogP contribution in [0.25, 0.3) is 0 Å². The van der Waals surface area contributed by atoms with E-state index >= 15 is 0 Å². The maximum atomic E-state index is 5.82. The monoisotopic (exact) mass is 239 g/mol. The Hall–Kier alpha value is -0.730. The SMILES string of the molecule is CNC(COc1ccc(Cl)cc1)C1CCC1. The Morgan fingerprint density at radius 3 is 2.56 bits per heavy atom. The normalized spacial score (nSPS) is 17.9. The zero-order valence-corrected chi connectivity index (χ0v) is 10.3. The van der Waals surface area contributed by atoms with Gasteiger partial charge in [0, 0.05) is 11.1 Å². The van der Waals surface area contributed by atoms with E-state index in [-0.39, 0.29) is 0 Å². The number of ether oxygens (including phenoxy) is 1. The smallest absolute Gasteiger partial charge is 0.119 e. The first-order valence-corrected chi connectivity index (χ1v) is 6.23. The molecule has 0 heterocycles. The highest BCUT2D eigenvalue weighted by Gasteiger charge is 2.26. The summed E-state index contributed by atoms with van der Waals surface area (Å²) in [6.45, 7) is 0.739. The molecule has 1 unspecified atom stereocenters. The van der Waals surface area contributed by atoms with Crippen molar-refractivity contribution < 1.29 is 4.74 Å². The van der Waals surface area contributed by atoms with Crippen molar-refractivity contribution in [2.45, 2.75) is 25.3 Å². The van der Waals surface area contributed by atoms with Crippen LogP contribution in [0.3, 0.4) is 0 Å². The van der Waals surface area contributed by atoms with Crippen molar-refractivity contribution in [2.75, 3.05) is 13.7 Å². The molecular formula is C13H18ClNO. The van der Waals surface area contributed by atoms with E-state index < -0.39 is 0 Å². The van der Waals surface area contributed by atoms with Crippen molar-refractivity contribution in [1.29, 1.82) is 0 Å². The van der Waals surface area contributed by atoms with Gasteiger partial charge in [-0.2, -0.15) is 0 Å². The number of benzene rings is 1. The quantitative estimate of drug-likeness (QED) is 0.853. The summed E-state index contributed by atoms with van der Waals surface area (Å²) in [5.74, 6) is 1.68. The maximum absolute atomic E-state index is 5.82. The Morgan fingerprint density at radius 1 is 1.38 bits per heavy atom. The Balaban J connectivity index is 1.83. The number of likely N-dealkylation sites (N-methyl/N-ethyl adjacent to an activating group) is 1. The van der Waals surface area contributed by atoms with Crippen LogP contribution < -0.4 is 10.1 Å². The minimum absolute atomic E-state index is 0.476. The highest BCUT2D eigenvalue weighted by Crippen LogP contribution is 2.29. The molecule has 3 heteroatoms. The second kappa shape index (κ2) is 5.55. The molecule has 1 N–H and O–H groups in total. The summed E-state index contributed by atoms with van der Waals surface area (Å²) in [6.07, 6.45) is 4.02. The molecule has 1 fully saturated rings. The van der Waals surface area contributed by atoms with Gasteiger partial charge in [-0.25, -0.2) is 0 Å². The van der Waals surface area contributed by atoms with Crippen LogP contribution in [-0.4, -0.2) is 19.7 Å². The molecule has 0 amide bonds. The second-order valence-electron chi connectivity index (χ2n) is 4.35. The van der Waals surface area contributed by atoms with Crippen molar-refractivity contribution in [1.82, 2.24) is 5.32 Å². The van der Waals surface area contributed by atoms with E-state index in [1.807, 2.05) is 31.3 Å². The fourth-order valence-corrected chi connectivity index (χ4v) is 2.14. The van der Waals surface area contributed by atoms with Gasteiger partial charge in [0.05, 0.1) is 0 Å². The number of halogens is 1. The van der Waals surface area contributed by atoms with E-state index in [0.29, 0.717) is 6.04 Å². The van der Waals surface area contributed by atoms with Gasteiger partial charge in [-0.3, -0.25) is 0 Å². The molecule has 1 saturated carbocycles. The van der Waals surface area contributed by atoms with Gasteiger partial charge in [0.15, 0.2) is 0 Å². The summed E-state index contributed by atoms with van der Waals surface area (Å²) >= 11 is 5.82. The number of hydrogen-bond donors (Lipinski definition) is 1. The lowest BCUT2D eigenvalue weighted by Gasteiger charge is -2.33. The van der Waals surface area contributed by atoms with Crippen molar-refractivity contribution in [2.24, 2.45) is 5.92 Å². The molecule has 0 aromatic heterocycles. The minimum Gasteiger partial charge on any atom is -0.492 e. The molecule has 0 aliphatic heterocycles. The van der Waals surface area contributed by atoms with Gasteiger partial charge in [0.25, 0.3) is 0 Å². The van der Waals surface area contributed by atoms with Crippen molar-refractivity contribution >= 4 is 11.6 Å². The zero-order valence-electron chi connectivity index (χ0n) is 9.58. The topological polar surface area (TPSA) is 21.3 Å². The maximum Gasteiger partial charge on any atom is 0.119 e. The van der Waals surface area contributed by atoms with Gasteiger partial charge in [-0.05, 0) is 50.1 Å². The fourth-order valence-electron chi connectivity index (χ4n) is 2.01. The van der Waals surface area contributed by atoms with Crippen LogP contribution in [-0.2, 0) is 0 Å². The largest absolute Gasteiger partial charge is 0.492 e. The van der Waals surface area contributed by atoms with E-state index in [0.717, 1.165) is 23.3 Å². The summed E-state index contributed by atoms with van der Waals surface area (Å²) in [5.41, 5.74) is 0. The summed E-state index contributed by atoms with van der Waals surface area (Å²) in [4.78, 5) is 0. The van der Waals surface area contributed by atoms with E-state index in [1.165, 1.54) is 19.3 Å². The molecule has 1 aliphatic rings. The number of rotatable bonds is 5. The Morgan fingerprint density at radius 2 is 2.06 bits per heavy atom. The van der Waals surface area contributed by atoms with Crippen molar-refractivity contribution in [3.05, 3.63) is 29.3 Å². The van der Waals surface area contributed by atoms with Crippen LogP contribution in [0.2, 0.25) is 5.02 Å². The molecule has 88 valence electrons. The lowest BCUT2D eigenvalue weighted by atomic mass is 9.80. The number of hydrogen-bond acceptors (Lipinski definition) is 2. The van der Waals surface area contributed by atoms with E-state index in [1.54, 1.807) is 0 Å². The van der Waals surface area contributed by atoms with Gasteiger partial charge < -0.3 is 10.1 Å². The molecule has 1 aromatic rings. The molecule has 2 nitrogen and oxygen atoms in total. The first-order chi connectivity index (χ1) is 7.79. The minimum atomic E-state index is 0.476. The molecule has 1 aliphatic carbocycles. The van der Waals surface area contributed by atoms with Crippen molar-refractivity contribution in [3.63, 3.8) is 0 Å². The van der Waals surface area contributed by atoms with Crippen LogP contribution in [0.1, 0.15) is 19.3 Å². The highest BCUT2D eigenvalue weighted by atomic mass is 35.5. The molecule has 0 bridgehead atoms. The van der Waals surface area contributed by atoms with E-state index in [4.69, 9.17) is 16.3 Å². The highest BCUT2D eigenvalue weighted by molar-refractivity contribution is 6.30. The zero-order chi connectivity index (χ0) is 11.4. The summed E-state index contributed by atoms with van der Waals surface area (Å²) in [6, 6.07) is 8.01. The van der Waals surface area contributed by atoms with Crippen LogP contribution in [0, 0.1) is 5.92 Å². The summed E-state index contributed by atoms with van der Waals surface area (Å²) in [5, 5.41) is 4.08. The van der Waals surface area contributed by atoms with Crippen LogP contribution in [0.15, 0.2) is 24.3 Å². The predicted octanol–water partition coefficient (Wildman–Crippen LogP) is 3.11. The van der Waals surface area contributed by atoms with E-state index in [9.17, 15) is 0 Å². The first-order valence-electron chi connectivity index (χ1n) is 5.85. The predicted molar refractivity (Wildman–Crippen MR) is 67.1 cm³/mol. The molecular weight excluding hydrogens is 222 g/mol. The third kappa shape index (κ3) is 2.89. The second-order valence-corrected chi connectivity index (χ2v) is 4.79. The number of nitrogens with one attached hydrogen (secondary N) is 1. The Bertz CT molecular complexity index is 321. The van der Waals surface area contributed by atoms with Crippen molar-refractivity contribution in [3.8, 4) is 5.75 Å². The Kier molecular flexibility index (Phi) is 4.08. The molecule has 2 rings (SSSR count). The Labute approximate surface area is 102 Å². The lowest BCUT2D eigenvalue weighted by Crippen LogP contribution is -2.41. The standard InChI is InChI=1S/C13H18ClNO/c1-15-13(10-3-2-4-10)9-16-12-7-5-11(14)6-8-12/h5-8,10,13,15H,2-4,9H2,1H3. The molecule has 1 aromatic carbocycles. The van der Waals surface area contributed by atoms with Crippen LogP contribution >= 0.6 is 11.6 Å². The molecule has 0 radical (unpaired) electrons. The van der Waals surface area contributed by atoms with Gasteiger partial charge in [0.2, 0.25) is 0 Å². The average Bonchev–Trinajstić information content (AvgIpc) is 2.23. The van der Waals surface area contributed by atoms with Gasteiger partial charge in [-0.15, -0.1) is 0 Å². The third-order valence-corrected chi connectivity index (χ3v) is 3.58. The molecule has 0 saturated heterocycles. The van der Waals surface area contributed by atoms with Crippen LogP contribution in [0.4, 0.5) is 0 Å². The molecule has 0 spiro atoms. The molecule has 16 heavy (non-hydrogen) atoms. The van der Waals surface area contributed by atoms with Crippen LogP contribution in [0.5, 0.6) is 5.75 Å². The van der Waals surface area contributed by atoms with Gasteiger partial charge in [-0.1, -0.05) is 18.0 Å². The summed E-state index contributed by atoms with van der Waals surface area (Å²) in [7, 11) is 2.01. The third-order valence-electron chi connectivity index (χ3n) is 3.33. The molecule has 1 atom stereocenters. The fraction of sp³-hybridized carbons (Fsp3) is 0.538. The van der Waals surface area contributed by atoms with E-state index in [2.05, 4.69) is 5.32 Å². The van der Waals surface area contributed by atoms with Gasteiger partial charge >= 0.3 is 0 Å². The van der Waals surface area contributed by atoms with Gasteiger partial charge in [0.1, 0.15) is 12.4 Å². The summed E-state index contributed by atoms with van der Waals surface area (Å²) < 4.78 is 5.75. The lowest BCUT2D eigenvalue weighted by molar-refractivity contribution is 0.168. The average molecular weight is 240 g/mol.